The molecular formula is C14H28O. The van der Waals surface area contributed by atoms with Gasteiger partial charge in [0.25, 0.3) is 0 Å². The van der Waals surface area contributed by atoms with Gasteiger partial charge in [-0.25, -0.2) is 0 Å². The van der Waals surface area contributed by atoms with Crippen molar-refractivity contribution < 1.29 is 4.74 Å². The molecule has 2 unspecified atom stereocenters. The molecule has 0 bridgehead atoms. The van der Waals surface area contributed by atoms with E-state index in [-0.39, 0.29) is 5.60 Å². The van der Waals surface area contributed by atoms with E-state index < -0.39 is 0 Å². The predicted octanol–water partition coefficient (Wildman–Crippen LogP) is 4.55. The van der Waals surface area contributed by atoms with Crippen LogP contribution in [0.1, 0.15) is 72.1 Å². The Morgan fingerprint density at radius 3 is 2.33 bits per heavy atom. The molecule has 1 nitrogen and oxygen atoms in total. The van der Waals surface area contributed by atoms with Crippen LogP contribution in [0.3, 0.4) is 0 Å². The topological polar surface area (TPSA) is 12.5 Å². The Hall–Kier alpha value is -0.0400. The fourth-order valence-corrected chi connectivity index (χ4v) is 2.24. The molecular weight excluding hydrogens is 184 g/mol. The van der Waals surface area contributed by atoms with Crippen LogP contribution in [-0.4, -0.2) is 12.2 Å². The number of epoxide rings is 1. The average Bonchev–Trinajstić information content (AvgIpc) is 2.96. The molecule has 0 aromatic rings. The summed E-state index contributed by atoms with van der Waals surface area (Å²) in [5.74, 6) is 0.984. The van der Waals surface area contributed by atoms with Crippen LogP contribution in [-0.2, 0) is 4.74 Å². The quantitative estimate of drug-likeness (QED) is 0.403. The number of unbranched alkanes of at least 4 members (excludes halogenated alkanes) is 2. The summed E-state index contributed by atoms with van der Waals surface area (Å²) >= 11 is 0. The van der Waals surface area contributed by atoms with E-state index >= 15 is 0 Å². The fourth-order valence-electron chi connectivity index (χ4n) is 2.24. The van der Waals surface area contributed by atoms with E-state index in [2.05, 4.69) is 20.8 Å². The van der Waals surface area contributed by atoms with Gasteiger partial charge in [0, 0.05) is 0 Å². The highest BCUT2D eigenvalue weighted by Crippen LogP contribution is 2.32. The molecule has 1 fully saturated rings. The highest BCUT2D eigenvalue weighted by atomic mass is 16.6. The summed E-state index contributed by atoms with van der Waals surface area (Å²) in [4.78, 5) is 0. The molecule has 1 heteroatoms. The van der Waals surface area contributed by atoms with E-state index in [0.29, 0.717) is 0 Å². The van der Waals surface area contributed by atoms with Crippen LogP contribution in [0.15, 0.2) is 0 Å². The van der Waals surface area contributed by atoms with E-state index in [1.807, 2.05) is 0 Å². The summed E-state index contributed by atoms with van der Waals surface area (Å²) < 4.78 is 5.39. The second-order valence-corrected chi connectivity index (χ2v) is 5.40. The molecule has 0 spiro atoms. The van der Waals surface area contributed by atoms with Gasteiger partial charge in [-0.2, -0.15) is 0 Å². The normalized spacial score (nSPS) is 26.6. The van der Waals surface area contributed by atoms with Crippen LogP contribution in [0.4, 0.5) is 0 Å². The van der Waals surface area contributed by atoms with Crippen molar-refractivity contribution in [2.45, 2.75) is 77.7 Å². The van der Waals surface area contributed by atoms with Gasteiger partial charge in [0.2, 0.25) is 0 Å². The lowest BCUT2D eigenvalue weighted by Gasteiger charge is -2.14. The first-order chi connectivity index (χ1) is 7.20. The summed E-state index contributed by atoms with van der Waals surface area (Å²) in [5, 5.41) is 0. The smallest absolute Gasteiger partial charge is 0.0888 e. The highest BCUT2D eigenvalue weighted by Gasteiger charge is 2.37. The first kappa shape index (κ1) is 13.0. The molecule has 0 radical (unpaired) electrons. The maximum absolute atomic E-state index is 5.39. The third-order valence-electron chi connectivity index (χ3n) is 3.75. The molecule has 0 N–H and O–H groups in total. The third kappa shape index (κ3) is 5.55. The van der Waals surface area contributed by atoms with E-state index in [0.717, 1.165) is 12.5 Å². The van der Waals surface area contributed by atoms with Crippen LogP contribution in [0.25, 0.3) is 0 Å². The van der Waals surface area contributed by atoms with Gasteiger partial charge < -0.3 is 4.74 Å². The lowest BCUT2D eigenvalue weighted by atomic mass is 9.92. The number of hydrogen-bond acceptors (Lipinski definition) is 1. The van der Waals surface area contributed by atoms with Crippen LogP contribution in [0, 0.1) is 5.92 Å². The summed E-state index contributed by atoms with van der Waals surface area (Å²) in [5.41, 5.74) is 0.283. The molecule has 90 valence electrons. The Labute approximate surface area is 95.6 Å². The van der Waals surface area contributed by atoms with Gasteiger partial charge in [-0.3, -0.25) is 0 Å². The van der Waals surface area contributed by atoms with E-state index in [1.54, 1.807) is 0 Å². The average molecular weight is 212 g/mol. The van der Waals surface area contributed by atoms with Crippen molar-refractivity contribution in [2.75, 3.05) is 6.61 Å². The van der Waals surface area contributed by atoms with Crippen molar-refractivity contribution in [3.05, 3.63) is 0 Å². The second kappa shape index (κ2) is 6.52. The molecule has 0 aliphatic carbocycles. The van der Waals surface area contributed by atoms with Crippen molar-refractivity contribution in [1.29, 1.82) is 0 Å². The van der Waals surface area contributed by atoms with Crippen LogP contribution in [0.5, 0.6) is 0 Å². The van der Waals surface area contributed by atoms with E-state index in [9.17, 15) is 0 Å². The van der Waals surface area contributed by atoms with Crippen molar-refractivity contribution in [2.24, 2.45) is 5.92 Å². The van der Waals surface area contributed by atoms with Gasteiger partial charge in [0.15, 0.2) is 0 Å². The standard InChI is InChI=1S/C14H28O/c1-4-6-9-13(5-2)10-7-8-11-14(3)12-15-14/h13H,4-12H2,1-3H3. The van der Waals surface area contributed by atoms with Gasteiger partial charge in [0.05, 0.1) is 12.2 Å². The van der Waals surface area contributed by atoms with Crippen molar-refractivity contribution in [3.63, 3.8) is 0 Å². The largest absolute Gasteiger partial charge is 0.370 e. The first-order valence-electron chi connectivity index (χ1n) is 6.84. The molecule has 1 rings (SSSR count). The number of hydrogen-bond donors (Lipinski definition) is 0. The maximum Gasteiger partial charge on any atom is 0.0888 e. The lowest BCUT2D eigenvalue weighted by molar-refractivity contribution is 0.296. The minimum absolute atomic E-state index is 0.283. The van der Waals surface area contributed by atoms with Gasteiger partial charge in [0.1, 0.15) is 0 Å². The minimum atomic E-state index is 0.283. The van der Waals surface area contributed by atoms with Crippen LogP contribution < -0.4 is 0 Å². The van der Waals surface area contributed by atoms with Crippen LogP contribution >= 0.6 is 0 Å². The zero-order valence-electron chi connectivity index (χ0n) is 10.8. The monoisotopic (exact) mass is 212 g/mol. The Kier molecular flexibility index (Phi) is 5.66. The third-order valence-corrected chi connectivity index (χ3v) is 3.75. The summed E-state index contributed by atoms with van der Waals surface area (Å²) in [6.07, 6.45) is 11.1. The van der Waals surface area contributed by atoms with Crippen molar-refractivity contribution >= 4 is 0 Å². The Balaban J connectivity index is 1.96. The molecule has 0 amide bonds. The fraction of sp³-hybridized carbons (Fsp3) is 1.00. The van der Waals surface area contributed by atoms with Crippen molar-refractivity contribution in [1.82, 2.24) is 0 Å². The zero-order valence-corrected chi connectivity index (χ0v) is 10.8. The Bertz CT molecular complexity index is 161. The second-order valence-electron chi connectivity index (χ2n) is 5.40. The molecule has 2 atom stereocenters. The predicted molar refractivity (Wildman–Crippen MR) is 66.1 cm³/mol. The number of rotatable bonds is 9. The highest BCUT2D eigenvalue weighted by molar-refractivity contribution is 4.86. The summed E-state index contributed by atoms with van der Waals surface area (Å²) in [6, 6.07) is 0. The summed E-state index contributed by atoms with van der Waals surface area (Å²) in [6.45, 7) is 7.87. The lowest BCUT2D eigenvalue weighted by Crippen LogP contribution is -2.04. The molecule has 1 heterocycles. The minimum Gasteiger partial charge on any atom is -0.370 e. The molecule has 0 saturated carbocycles. The summed E-state index contributed by atoms with van der Waals surface area (Å²) in [7, 11) is 0. The maximum atomic E-state index is 5.39. The van der Waals surface area contributed by atoms with Gasteiger partial charge >= 0.3 is 0 Å². The molecule has 0 aromatic carbocycles. The van der Waals surface area contributed by atoms with Crippen molar-refractivity contribution in [3.8, 4) is 0 Å². The van der Waals surface area contributed by atoms with E-state index in [4.69, 9.17) is 4.74 Å². The number of ether oxygens (including phenoxy) is 1. The molecule has 15 heavy (non-hydrogen) atoms. The van der Waals surface area contributed by atoms with Crippen LogP contribution in [0.2, 0.25) is 0 Å². The molecule has 1 saturated heterocycles. The van der Waals surface area contributed by atoms with Gasteiger partial charge in [-0.15, -0.1) is 0 Å². The Morgan fingerprint density at radius 2 is 1.80 bits per heavy atom. The Morgan fingerprint density at radius 1 is 1.13 bits per heavy atom. The molecule has 1 aliphatic heterocycles. The first-order valence-corrected chi connectivity index (χ1v) is 6.84. The molecule has 1 aliphatic rings. The zero-order chi connectivity index (χ0) is 11.1. The van der Waals surface area contributed by atoms with E-state index in [1.165, 1.54) is 51.4 Å². The van der Waals surface area contributed by atoms with Gasteiger partial charge in [-0.1, -0.05) is 58.8 Å². The SMILES string of the molecule is CCCCC(CC)CCCCC1(C)CO1. The van der Waals surface area contributed by atoms with Gasteiger partial charge in [-0.05, 0) is 19.3 Å². The molecule has 0 aromatic heterocycles.